The molecule has 7 heteroatoms. The first-order valence-corrected chi connectivity index (χ1v) is 6.46. The van der Waals surface area contributed by atoms with Gasteiger partial charge in [-0.1, -0.05) is 12.1 Å². The summed E-state index contributed by atoms with van der Waals surface area (Å²) in [4.78, 5) is 0. The first-order valence-electron chi connectivity index (χ1n) is 5.66. The number of benzene rings is 1. The van der Waals surface area contributed by atoms with Crippen molar-refractivity contribution in [1.82, 2.24) is 5.32 Å². The molecule has 0 fully saturated rings. The Morgan fingerprint density at radius 3 is 2.30 bits per heavy atom. The summed E-state index contributed by atoms with van der Waals surface area (Å²) in [6, 6.07) is 7.13. The van der Waals surface area contributed by atoms with Crippen molar-refractivity contribution < 1.29 is 22.3 Å². The van der Waals surface area contributed by atoms with Crippen LogP contribution in [0.5, 0.6) is 5.75 Å². The van der Waals surface area contributed by atoms with E-state index in [2.05, 4.69) is 26.0 Å². The van der Waals surface area contributed by atoms with Gasteiger partial charge in [0, 0.05) is 0 Å². The molecule has 1 aromatic heterocycles. The fourth-order valence-corrected chi connectivity index (χ4v) is 2.25. The molecule has 0 aliphatic rings. The van der Waals surface area contributed by atoms with Crippen LogP contribution in [0, 0.1) is 0 Å². The van der Waals surface area contributed by atoms with Crippen molar-refractivity contribution in [2.45, 2.75) is 12.4 Å². The minimum absolute atomic E-state index is 0.255. The van der Waals surface area contributed by atoms with Crippen LogP contribution in [-0.4, -0.2) is 13.4 Å². The Labute approximate surface area is 121 Å². The number of nitrogens with one attached hydrogen (secondary N) is 1. The molecule has 3 nitrogen and oxygen atoms in total. The highest BCUT2D eigenvalue weighted by Gasteiger charge is 2.31. The Morgan fingerprint density at radius 1 is 1.20 bits per heavy atom. The van der Waals surface area contributed by atoms with E-state index in [1.807, 2.05) is 0 Å². The molecule has 1 N–H and O–H groups in total. The summed E-state index contributed by atoms with van der Waals surface area (Å²) in [5, 5.41) is 3.04. The second kappa shape index (κ2) is 5.88. The fourth-order valence-electron chi connectivity index (χ4n) is 1.82. The Kier molecular flexibility index (Phi) is 4.39. The van der Waals surface area contributed by atoms with Crippen LogP contribution in [0.15, 0.2) is 45.5 Å². The van der Waals surface area contributed by atoms with Crippen molar-refractivity contribution in [2.24, 2.45) is 0 Å². The van der Waals surface area contributed by atoms with Gasteiger partial charge in [-0.2, -0.15) is 0 Å². The molecule has 0 amide bonds. The summed E-state index contributed by atoms with van der Waals surface area (Å²) in [5.41, 5.74) is 0.762. The molecule has 0 saturated heterocycles. The Balaban J connectivity index is 2.22. The average molecular weight is 350 g/mol. The molecule has 0 aliphatic carbocycles. The van der Waals surface area contributed by atoms with Crippen molar-refractivity contribution >= 4 is 15.9 Å². The fraction of sp³-hybridized carbons (Fsp3) is 0.231. The maximum atomic E-state index is 12.1. The number of ether oxygens (including phenoxy) is 1. The first kappa shape index (κ1) is 14.9. The van der Waals surface area contributed by atoms with Gasteiger partial charge < -0.3 is 14.5 Å². The van der Waals surface area contributed by atoms with Gasteiger partial charge in [0.05, 0.1) is 16.8 Å². The Morgan fingerprint density at radius 2 is 1.85 bits per heavy atom. The summed E-state index contributed by atoms with van der Waals surface area (Å²) in [6.07, 6.45) is -3.15. The van der Waals surface area contributed by atoms with E-state index in [1.165, 1.54) is 18.4 Å². The summed E-state index contributed by atoms with van der Waals surface area (Å²) < 4.78 is 46.2. The highest BCUT2D eigenvalue weighted by Crippen LogP contribution is 2.31. The lowest BCUT2D eigenvalue weighted by atomic mass is 10.0. The SMILES string of the molecule is CNC(c1ccc(OC(F)(F)F)cc1)c1occc1Br. The van der Waals surface area contributed by atoms with Gasteiger partial charge in [0.2, 0.25) is 0 Å². The van der Waals surface area contributed by atoms with E-state index in [4.69, 9.17) is 4.42 Å². The van der Waals surface area contributed by atoms with E-state index >= 15 is 0 Å². The minimum atomic E-state index is -4.69. The molecule has 0 spiro atoms. The maximum Gasteiger partial charge on any atom is 0.573 e. The second-order valence-corrected chi connectivity index (χ2v) is 4.83. The smallest absolute Gasteiger partial charge is 0.466 e. The number of alkyl halides is 3. The lowest BCUT2D eigenvalue weighted by Crippen LogP contribution is -2.18. The molecule has 0 aliphatic heterocycles. The molecule has 1 unspecified atom stereocenters. The third-order valence-corrected chi connectivity index (χ3v) is 3.30. The van der Waals surface area contributed by atoms with Crippen LogP contribution < -0.4 is 10.1 Å². The zero-order valence-electron chi connectivity index (χ0n) is 10.4. The molecule has 20 heavy (non-hydrogen) atoms. The highest BCUT2D eigenvalue weighted by molar-refractivity contribution is 9.10. The van der Waals surface area contributed by atoms with Gasteiger partial charge >= 0.3 is 6.36 Å². The van der Waals surface area contributed by atoms with Gasteiger partial charge in [0.1, 0.15) is 11.5 Å². The number of hydrogen-bond donors (Lipinski definition) is 1. The topological polar surface area (TPSA) is 34.4 Å². The van der Waals surface area contributed by atoms with Crippen LogP contribution in [0.4, 0.5) is 13.2 Å². The van der Waals surface area contributed by atoms with Crippen LogP contribution in [0.2, 0.25) is 0 Å². The Hall–Kier alpha value is -1.47. The van der Waals surface area contributed by atoms with E-state index < -0.39 is 6.36 Å². The third kappa shape index (κ3) is 3.55. The first-order chi connectivity index (χ1) is 9.40. The molecular formula is C13H11BrF3NO2. The summed E-state index contributed by atoms with van der Waals surface area (Å²) >= 11 is 3.35. The van der Waals surface area contributed by atoms with Crippen molar-refractivity contribution in [3.05, 3.63) is 52.4 Å². The largest absolute Gasteiger partial charge is 0.573 e. The summed E-state index contributed by atoms with van der Waals surface area (Å²) in [6.45, 7) is 0. The molecular weight excluding hydrogens is 339 g/mol. The van der Waals surface area contributed by atoms with Crippen LogP contribution in [-0.2, 0) is 0 Å². The zero-order valence-corrected chi connectivity index (χ0v) is 12.0. The second-order valence-electron chi connectivity index (χ2n) is 3.97. The van der Waals surface area contributed by atoms with Gasteiger partial charge in [-0.15, -0.1) is 13.2 Å². The number of rotatable bonds is 4. The van der Waals surface area contributed by atoms with E-state index in [9.17, 15) is 13.2 Å². The van der Waals surface area contributed by atoms with Gasteiger partial charge in [0.15, 0.2) is 0 Å². The van der Waals surface area contributed by atoms with Gasteiger partial charge in [-0.25, -0.2) is 0 Å². The molecule has 0 radical (unpaired) electrons. The van der Waals surface area contributed by atoms with Gasteiger partial charge in [0.25, 0.3) is 0 Å². The summed E-state index contributed by atoms with van der Waals surface area (Å²) in [7, 11) is 1.74. The molecule has 0 saturated carbocycles. The average Bonchev–Trinajstić information content (AvgIpc) is 2.77. The molecule has 2 aromatic rings. The molecule has 0 bridgehead atoms. The number of hydrogen-bond acceptors (Lipinski definition) is 3. The predicted molar refractivity (Wildman–Crippen MR) is 70.4 cm³/mol. The molecule has 1 heterocycles. The number of furan rings is 1. The quantitative estimate of drug-likeness (QED) is 0.895. The normalized spacial score (nSPS) is 13.2. The van der Waals surface area contributed by atoms with E-state index in [1.54, 1.807) is 25.2 Å². The van der Waals surface area contributed by atoms with E-state index in [0.29, 0.717) is 5.76 Å². The van der Waals surface area contributed by atoms with Crippen molar-refractivity contribution in [1.29, 1.82) is 0 Å². The molecule has 108 valence electrons. The molecule has 1 aromatic carbocycles. The van der Waals surface area contributed by atoms with Crippen molar-refractivity contribution in [3.8, 4) is 5.75 Å². The van der Waals surface area contributed by atoms with Gasteiger partial charge in [-0.3, -0.25) is 0 Å². The van der Waals surface area contributed by atoms with Crippen molar-refractivity contribution in [2.75, 3.05) is 7.05 Å². The predicted octanol–water partition coefficient (Wildman–Crippen LogP) is 4.25. The highest BCUT2D eigenvalue weighted by atomic mass is 79.9. The number of halogens is 4. The van der Waals surface area contributed by atoms with Crippen LogP contribution in [0.1, 0.15) is 17.4 Å². The Bertz CT molecular complexity index is 566. The van der Waals surface area contributed by atoms with Gasteiger partial charge in [-0.05, 0) is 46.7 Å². The standard InChI is InChI=1S/C13H11BrF3NO2/c1-18-11(12-10(14)6-7-19-12)8-2-4-9(5-3-8)20-13(15,16)17/h2-7,11,18H,1H3. The monoisotopic (exact) mass is 349 g/mol. The van der Waals surface area contributed by atoms with E-state index in [0.717, 1.165) is 10.0 Å². The lowest BCUT2D eigenvalue weighted by Gasteiger charge is -2.16. The lowest BCUT2D eigenvalue weighted by molar-refractivity contribution is -0.274. The minimum Gasteiger partial charge on any atom is -0.466 e. The molecule has 2 rings (SSSR count). The van der Waals surface area contributed by atoms with Crippen molar-refractivity contribution in [3.63, 3.8) is 0 Å². The van der Waals surface area contributed by atoms with Crippen LogP contribution in [0.3, 0.4) is 0 Å². The summed E-state index contributed by atoms with van der Waals surface area (Å²) in [5.74, 6) is 0.395. The van der Waals surface area contributed by atoms with Crippen LogP contribution >= 0.6 is 15.9 Å². The zero-order chi connectivity index (χ0) is 14.8. The molecule has 1 atom stereocenters. The van der Waals surface area contributed by atoms with E-state index in [-0.39, 0.29) is 11.8 Å². The third-order valence-electron chi connectivity index (χ3n) is 2.64. The maximum absolute atomic E-state index is 12.1. The van der Waals surface area contributed by atoms with Crippen LogP contribution in [0.25, 0.3) is 0 Å².